The minimum absolute atomic E-state index is 0.244. The van der Waals surface area contributed by atoms with Crippen molar-refractivity contribution in [3.05, 3.63) is 52.7 Å². The molecule has 0 saturated carbocycles. The number of aliphatic hydroxyl groups is 2. The van der Waals surface area contributed by atoms with Gasteiger partial charge in [0, 0.05) is 7.11 Å². The van der Waals surface area contributed by atoms with Crippen molar-refractivity contribution in [2.75, 3.05) is 7.11 Å². The molecular formula is C18H18BrN4O7P. The molecule has 5 atom stereocenters. The zero-order valence-electron chi connectivity index (χ0n) is 16.0. The van der Waals surface area contributed by atoms with Crippen molar-refractivity contribution >= 4 is 47.1 Å². The standard InChI is InChI=1S/C18H18BrN4O7P/c1-28-31(26,27)30-17-14(25)13(24)16(29-17)23-15-12(22-18(23)19)11(20-9-21-15)8-7-10-5-3-2-4-6-10/h2-9,13-14,16-17,24-25H,1H3,(H,26,27)/t13-,14+,16-,17-/m1/s1. The molecule has 0 spiro atoms. The van der Waals surface area contributed by atoms with Crippen LogP contribution in [0.1, 0.15) is 17.5 Å². The number of fused-ring (bicyclic) bond motifs is 1. The molecule has 31 heavy (non-hydrogen) atoms. The highest BCUT2D eigenvalue weighted by Gasteiger charge is 2.48. The first-order valence-corrected chi connectivity index (χ1v) is 11.3. The second kappa shape index (κ2) is 8.85. The monoisotopic (exact) mass is 512 g/mol. The molecule has 13 heteroatoms. The molecule has 164 valence electrons. The summed E-state index contributed by atoms with van der Waals surface area (Å²) in [6.07, 6.45) is -0.978. The van der Waals surface area contributed by atoms with Crippen LogP contribution >= 0.6 is 23.8 Å². The van der Waals surface area contributed by atoms with E-state index < -0.39 is 32.5 Å². The first-order chi connectivity index (χ1) is 14.8. The maximum atomic E-state index is 11.7. The molecule has 3 N–H and O–H groups in total. The van der Waals surface area contributed by atoms with Gasteiger partial charge in [-0.1, -0.05) is 36.4 Å². The summed E-state index contributed by atoms with van der Waals surface area (Å²) >= 11 is 3.31. The number of hydrogen-bond acceptors (Lipinski definition) is 9. The number of hydrogen-bond donors (Lipinski definition) is 3. The van der Waals surface area contributed by atoms with Gasteiger partial charge in [0.1, 0.15) is 24.1 Å². The van der Waals surface area contributed by atoms with Crippen molar-refractivity contribution in [2.45, 2.75) is 24.7 Å². The van der Waals surface area contributed by atoms with E-state index in [1.807, 2.05) is 36.4 Å². The third kappa shape index (κ3) is 4.47. The van der Waals surface area contributed by atoms with Crippen LogP contribution in [-0.4, -0.2) is 60.2 Å². The molecule has 1 saturated heterocycles. The summed E-state index contributed by atoms with van der Waals surface area (Å²) in [5.74, 6) is 0. The molecule has 0 bridgehead atoms. The van der Waals surface area contributed by atoms with E-state index in [1.54, 1.807) is 6.08 Å². The molecular weight excluding hydrogens is 495 g/mol. The van der Waals surface area contributed by atoms with Gasteiger partial charge in [0.05, 0.1) is 5.69 Å². The van der Waals surface area contributed by atoms with Crippen LogP contribution in [0.2, 0.25) is 0 Å². The second-order valence-corrected chi connectivity index (χ2v) is 8.78. The Morgan fingerprint density at radius 2 is 1.94 bits per heavy atom. The maximum absolute atomic E-state index is 11.7. The normalized spacial score (nSPS) is 26.0. The van der Waals surface area contributed by atoms with Gasteiger partial charge in [-0.3, -0.25) is 13.6 Å². The molecule has 1 aromatic carbocycles. The summed E-state index contributed by atoms with van der Waals surface area (Å²) in [5, 5.41) is 20.7. The molecule has 0 aliphatic carbocycles. The minimum Gasteiger partial charge on any atom is -0.385 e. The molecule has 1 aliphatic rings. The Hall–Kier alpha value is -2.02. The third-order valence-corrected chi connectivity index (χ3v) is 6.11. The lowest BCUT2D eigenvalue weighted by Gasteiger charge is -2.18. The van der Waals surface area contributed by atoms with E-state index in [0.717, 1.165) is 12.7 Å². The van der Waals surface area contributed by atoms with Crippen LogP contribution < -0.4 is 0 Å². The smallest absolute Gasteiger partial charge is 0.385 e. The molecule has 0 radical (unpaired) electrons. The number of halogens is 1. The average Bonchev–Trinajstić information content (AvgIpc) is 3.23. The molecule has 3 aromatic rings. The van der Waals surface area contributed by atoms with E-state index in [-0.39, 0.29) is 4.73 Å². The number of aliphatic hydroxyl groups excluding tert-OH is 2. The second-order valence-electron chi connectivity index (χ2n) is 6.56. The first-order valence-electron chi connectivity index (χ1n) is 9.01. The van der Waals surface area contributed by atoms with E-state index in [9.17, 15) is 19.7 Å². The first kappa shape index (κ1) is 22.2. The maximum Gasteiger partial charge on any atom is 0.474 e. The summed E-state index contributed by atoms with van der Waals surface area (Å²) in [5.41, 5.74) is 2.22. The molecule has 1 unspecified atom stereocenters. The molecule has 1 aliphatic heterocycles. The van der Waals surface area contributed by atoms with E-state index in [4.69, 9.17) is 9.26 Å². The van der Waals surface area contributed by atoms with Gasteiger partial charge in [0.2, 0.25) is 0 Å². The van der Waals surface area contributed by atoms with Gasteiger partial charge in [-0.05, 0) is 27.6 Å². The number of nitrogens with zero attached hydrogens (tertiary/aromatic N) is 4. The lowest BCUT2D eigenvalue weighted by molar-refractivity contribution is -0.135. The number of rotatable bonds is 6. The summed E-state index contributed by atoms with van der Waals surface area (Å²) < 4.78 is 27.9. The van der Waals surface area contributed by atoms with E-state index in [1.165, 1.54) is 10.9 Å². The van der Waals surface area contributed by atoms with Crippen molar-refractivity contribution in [1.82, 2.24) is 19.5 Å². The van der Waals surface area contributed by atoms with Gasteiger partial charge in [-0.25, -0.2) is 19.5 Å². The van der Waals surface area contributed by atoms with Crippen LogP contribution in [-0.2, 0) is 18.3 Å². The van der Waals surface area contributed by atoms with Gasteiger partial charge < -0.3 is 19.8 Å². The lowest BCUT2D eigenvalue weighted by atomic mass is 10.2. The number of benzene rings is 1. The van der Waals surface area contributed by atoms with Crippen molar-refractivity contribution < 1.29 is 33.5 Å². The number of phosphoric ester groups is 1. The van der Waals surface area contributed by atoms with Crippen LogP contribution in [0, 0.1) is 0 Å². The Morgan fingerprint density at radius 1 is 1.19 bits per heavy atom. The predicted molar refractivity (Wildman–Crippen MR) is 112 cm³/mol. The van der Waals surface area contributed by atoms with Crippen molar-refractivity contribution in [2.24, 2.45) is 0 Å². The summed E-state index contributed by atoms with van der Waals surface area (Å²) in [4.78, 5) is 22.4. The highest BCUT2D eigenvalue weighted by molar-refractivity contribution is 9.10. The van der Waals surface area contributed by atoms with Crippen LogP contribution in [0.5, 0.6) is 0 Å². The molecule has 1 fully saturated rings. The van der Waals surface area contributed by atoms with Crippen LogP contribution in [0.4, 0.5) is 0 Å². The Labute approximate surface area is 184 Å². The minimum atomic E-state index is -4.46. The predicted octanol–water partition coefficient (Wildman–Crippen LogP) is 2.10. The number of phosphoric acid groups is 1. The van der Waals surface area contributed by atoms with Gasteiger partial charge in [-0.2, -0.15) is 0 Å². The third-order valence-electron chi connectivity index (χ3n) is 4.61. The molecule has 2 aromatic heterocycles. The van der Waals surface area contributed by atoms with Crippen molar-refractivity contribution in [3.8, 4) is 0 Å². The fraction of sp³-hybridized carbons (Fsp3) is 0.278. The van der Waals surface area contributed by atoms with Crippen LogP contribution in [0.25, 0.3) is 23.3 Å². The van der Waals surface area contributed by atoms with Gasteiger partial charge >= 0.3 is 7.82 Å². The fourth-order valence-electron chi connectivity index (χ4n) is 3.09. The van der Waals surface area contributed by atoms with E-state index in [2.05, 4.69) is 35.4 Å². The van der Waals surface area contributed by atoms with Gasteiger partial charge in [0.15, 0.2) is 22.9 Å². The summed E-state index contributed by atoms with van der Waals surface area (Å²) in [6.45, 7) is 0. The Kier molecular flexibility index (Phi) is 6.33. The molecule has 4 rings (SSSR count). The number of imidazole rings is 1. The highest BCUT2D eigenvalue weighted by atomic mass is 79.9. The Balaban J connectivity index is 1.68. The Morgan fingerprint density at radius 3 is 2.65 bits per heavy atom. The van der Waals surface area contributed by atoms with Crippen molar-refractivity contribution in [1.29, 1.82) is 0 Å². The largest absolute Gasteiger partial charge is 0.474 e. The Bertz CT molecular complexity index is 1160. The zero-order chi connectivity index (χ0) is 22.2. The summed E-state index contributed by atoms with van der Waals surface area (Å²) in [6, 6.07) is 9.62. The number of aromatic nitrogens is 4. The molecule has 11 nitrogen and oxygen atoms in total. The zero-order valence-corrected chi connectivity index (χ0v) is 18.5. The molecule has 0 amide bonds. The van der Waals surface area contributed by atoms with E-state index in [0.29, 0.717) is 16.9 Å². The van der Waals surface area contributed by atoms with Crippen LogP contribution in [0.3, 0.4) is 0 Å². The highest BCUT2D eigenvalue weighted by Crippen LogP contribution is 2.47. The fourth-order valence-corrected chi connectivity index (χ4v) is 4.16. The average molecular weight is 513 g/mol. The topological polar surface area (TPSA) is 149 Å². The SMILES string of the molecule is COP(=O)(O)O[C@H]1O[C@@H](n2c(Br)nc3c(C=Cc4ccccc4)ncnc32)[C@H](O)[C@@H]1O. The van der Waals surface area contributed by atoms with Gasteiger partial charge in [0.25, 0.3) is 0 Å². The lowest BCUT2D eigenvalue weighted by Crippen LogP contribution is -2.32. The van der Waals surface area contributed by atoms with Crippen molar-refractivity contribution in [3.63, 3.8) is 0 Å². The van der Waals surface area contributed by atoms with Crippen LogP contribution in [0.15, 0.2) is 41.4 Å². The van der Waals surface area contributed by atoms with E-state index >= 15 is 0 Å². The quantitative estimate of drug-likeness (QED) is 0.331. The molecule has 3 heterocycles. The van der Waals surface area contributed by atoms with Gasteiger partial charge in [-0.15, -0.1) is 0 Å². The summed E-state index contributed by atoms with van der Waals surface area (Å²) in [7, 11) is -3.49. The number of ether oxygens (including phenoxy) is 1.